The van der Waals surface area contributed by atoms with Crippen LogP contribution in [0.2, 0.25) is 0 Å². The summed E-state index contributed by atoms with van der Waals surface area (Å²) in [4.78, 5) is 3.54. The van der Waals surface area contributed by atoms with Crippen LogP contribution in [0.1, 0.15) is 78.1 Å². The van der Waals surface area contributed by atoms with Crippen molar-refractivity contribution in [2.24, 2.45) is 0 Å². The summed E-state index contributed by atoms with van der Waals surface area (Å²) < 4.78 is 0. The van der Waals surface area contributed by atoms with Crippen molar-refractivity contribution >= 4 is 29.0 Å². The average molecular weight is 655 g/mol. The average Bonchev–Trinajstić information content (AvgIpc) is 3.06. The van der Waals surface area contributed by atoms with Gasteiger partial charge in [-0.15, -0.1) is 0 Å². The number of hydrogen-bond donors (Lipinski definition) is 1. The first-order valence-corrected chi connectivity index (χ1v) is 18.6. The first-order chi connectivity index (χ1) is 22.2. The van der Waals surface area contributed by atoms with Crippen LogP contribution in [0.25, 0.3) is 0 Å². The minimum absolute atomic E-state index is 0.343. The second-order valence-electron chi connectivity index (χ2n) is 12.1. The molecule has 0 heterocycles. The summed E-state index contributed by atoms with van der Waals surface area (Å²) in [5, 5.41) is 3.53. The lowest BCUT2D eigenvalue weighted by Crippen LogP contribution is -2.32. The van der Waals surface area contributed by atoms with E-state index in [-0.39, 0.29) is 0 Å². The fraction of sp³-hybridized carbons (Fsp3) is 0.405. The molecule has 0 radical (unpaired) electrons. The van der Waals surface area contributed by atoms with Gasteiger partial charge in [0.2, 0.25) is 0 Å². The van der Waals surface area contributed by atoms with Gasteiger partial charge >= 0.3 is 0 Å². The molecular weight excluding hydrogens is 597 g/mol. The molecule has 0 aliphatic heterocycles. The molecule has 4 aromatic rings. The Kier molecular flexibility index (Phi) is 19.3. The van der Waals surface area contributed by atoms with Crippen LogP contribution in [0.4, 0.5) is 0 Å². The molecule has 0 amide bonds. The molecule has 2 nitrogen and oxygen atoms in total. The van der Waals surface area contributed by atoms with Gasteiger partial charge in [0.05, 0.1) is 10.2 Å². The Morgan fingerprint density at radius 3 is 1.80 bits per heavy atom. The lowest BCUT2D eigenvalue weighted by atomic mass is 9.98. The molecule has 0 aromatic heterocycles. The van der Waals surface area contributed by atoms with Gasteiger partial charge in [0, 0.05) is 26.7 Å². The molecule has 0 fully saturated rings. The van der Waals surface area contributed by atoms with Crippen molar-refractivity contribution in [2.45, 2.75) is 92.0 Å². The Morgan fingerprint density at radius 1 is 0.717 bits per heavy atom. The summed E-state index contributed by atoms with van der Waals surface area (Å²) in [7, 11) is 1.93. The monoisotopic (exact) mass is 654 g/mol. The van der Waals surface area contributed by atoms with Crippen LogP contribution in [-0.4, -0.2) is 35.0 Å². The highest BCUT2D eigenvalue weighted by atomic mass is 32.2. The second-order valence-corrected chi connectivity index (χ2v) is 13.6. The van der Waals surface area contributed by atoms with Crippen molar-refractivity contribution in [1.29, 1.82) is 0 Å². The van der Waals surface area contributed by atoms with Gasteiger partial charge in [-0.05, 0) is 86.1 Å². The molecule has 0 spiro atoms. The first kappa shape index (κ1) is 39.3. The topological polar surface area (TPSA) is 15.3 Å². The van der Waals surface area contributed by atoms with Crippen molar-refractivity contribution in [3.05, 3.63) is 142 Å². The summed E-state index contributed by atoms with van der Waals surface area (Å²) in [6, 6.07) is 35.2. The molecule has 1 atom stereocenters. The third kappa shape index (κ3) is 14.7. The smallest absolute Gasteiger partial charge is 0.0883 e. The second kappa shape index (κ2) is 22.6. The summed E-state index contributed by atoms with van der Waals surface area (Å²) in [6.07, 6.45) is 7.72. The predicted octanol–water partition coefficient (Wildman–Crippen LogP) is 10.7. The van der Waals surface area contributed by atoms with E-state index in [2.05, 4.69) is 155 Å². The Morgan fingerprint density at radius 2 is 1.26 bits per heavy atom. The highest BCUT2D eigenvalue weighted by Crippen LogP contribution is 2.21. The fourth-order valence-electron chi connectivity index (χ4n) is 5.33. The van der Waals surface area contributed by atoms with Crippen LogP contribution in [0, 0.1) is 20.8 Å². The van der Waals surface area contributed by atoms with Gasteiger partial charge in [0.25, 0.3) is 0 Å². The van der Waals surface area contributed by atoms with Gasteiger partial charge in [-0.2, -0.15) is 11.8 Å². The molecular formula is C42H58N2S2. The van der Waals surface area contributed by atoms with E-state index < -0.39 is 0 Å². The summed E-state index contributed by atoms with van der Waals surface area (Å²) in [6.45, 7) is 15.8. The van der Waals surface area contributed by atoms with Crippen LogP contribution in [0.3, 0.4) is 0 Å². The molecule has 0 saturated heterocycles. The molecule has 4 rings (SSSR count). The third-order valence-corrected chi connectivity index (χ3v) is 9.63. The van der Waals surface area contributed by atoms with Crippen LogP contribution < -0.4 is 5.32 Å². The standard InChI is InChI=1S/C30H38N2S2.C9H12.C3H8/c1-23-10-9-12-25(20-23)16-17-26-13-7-8-15-28(26)22-32(19-18-29(34-4)30(33)31-3)21-27-14-6-5-11-24(27)2;1-3-9-6-4-5-8(2)7-9;1-3-2/h5-15,20,29H,16-19,21-22H2,1-4H3,(H,31,33);4-7H,3H2,1-2H3;3H2,1-2H3. The molecule has 46 heavy (non-hydrogen) atoms. The molecule has 4 heteroatoms. The van der Waals surface area contributed by atoms with Gasteiger partial charge < -0.3 is 5.32 Å². The van der Waals surface area contributed by atoms with Crippen LogP contribution in [-0.2, 0) is 32.4 Å². The number of thioether (sulfide) groups is 1. The zero-order valence-corrected chi connectivity index (χ0v) is 31.4. The lowest BCUT2D eigenvalue weighted by Gasteiger charge is -2.27. The molecule has 248 valence electrons. The Bertz CT molecular complexity index is 1430. The van der Waals surface area contributed by atoms with Crippen molar-refractivity contribution in [1.82, 2.24) is 10.2 Å². The molecule has 0 bridgehead atoms. The molecule has 0 aliphatic carbocycles. The number of benzene rings is 4. The van der Waals surface area contributed by atoms with Crippen molar-refractivity contribution in [2.75, 3.05) is 19.8 Å². The quantitative estimate of drug-likeness (QED) is 0.144. The van der Waals surface area contributed by atoms with Crippen molar-refractivity contribution in [3.63, 3.8) is 0 Å². The summed E-state index contributed by atoms with van der Waals surface area (Å²) in [5.74, 6) is 0. The summed E-state index contributed by atoms with van der Waals surface area (Å²) >= 11 is 7.41. The van der Waals surface area contributed by atoms with E-state index in [1.807, 2.05) is 18.8 Å². The maximum atomic E-state index is 5.57. The van der Waals surface area contributed by atoms with E-state index in [1.165, 1.54) is 50.9 Å². The molecule has 1 N–H and O–H groups in total. The van der Waals surface area contributed by atoms with E-state index in [4.69, 9.17) is 12.2 Å². The normalized spacial score (nSPS) is 11.2. The van der Waals surface area contributed by atoms with E-state index in [1.54, 1.807) is 0 Å². The van der Waals surface area contributed by atoms with E-state index in [9.17, 15) is 0 Å². The van der Waals surface area contributed by atoms with Crippen LogP contribution >= 0.6 is 24.0 Å². The third-order valence-electron chi connectivity index (χ3n) is 7.95. The van der Waals surface area contributed by atoms with Gasteiger partial charge in [-0.25, -0.2) is 0 Å². The number of thiocarbonyl (C=S) groups is 1. The SMILES string of the molecule is CCC.CCc1cccc(C)c1.CNC(=S)C(CCN(Cc1ccccc1C)Cc1ccccc1CCc1cccc(C)c1)SC. The highest BCUT2D eigenvalue weighted by Gasteiger charge is 2.17. The zero-order valence-electron chi connectivity index (χ0n) is 29.7. The number of nitrogens with one attached hydrogen (secondary N) is 1. The van der Waals surface area contributed by atoms with Gasteiger partial charge in [0.1, 0.15) is 0 Å². The minimum atomic E-state index is 0.343. The Labute approximate surface area is 291 Å². The highest BCUT2D eigenvalue weighted by molar-refractivity contribution is 8.01. The Balaban J connectivity index is 0.000000515. The van der Waals surface area contributed by atoms with Gasteiger partial charge in [-0.1, -0.05) is 148 Å². The van der Waals surface area contributed by atoms with Gasteiger partial charge in [0.15, 0.2) is 0 Å². The van der Waals surface area contributed by atoms with E-state index in [0.29, 0.717) is 5.25 Å². The van der Waals surface area contributed by atoms with E-state index in [0.717, 1.165) is 50.3 Å². The maximum Gasteiger partial charge on any atom is 0.0883 e. The number of hydrogen-bond acceptors (Lipinski definition) is 3. The predicted molar refractivity (Wildman–Crippen MR) is 210 cm³/mol. The number of aryl methyl sites for hydroxylation is 6. The lowest BCUT2D eigenvalue weighted by molar-refractivity contribution is 0.254. The zero-order chi connectivity index (χ0) is 33.7. The number of nitrogens with zero attached hydrogens (tertiary/aromatic N) is 1. The van der Waals surface area contributed by atoms with Crippen LogP contribution in [0.15, 0.2) is 97.1 Å². The fourth-order valence-corrected chi connectivity index (χ4v) is 6.41. The first-order valence-electron chi connectivity index (χ1n) is 16.9. The minimum Gasteiger partial charge on any atom is -0.382 e. The van der Waals surface area contributed by atoms with Gasteiger partial charge in [-0.3, -0.25) is 4.90 Å². The number of rotatable bonds is 13. The molecule has 0 saturated carbocycles. The van der Waals surface area contributed by atoms with Crippen molar-refractivity contribution < 1.29 is 0 Å². The molecule has 4 aromatic carbocycles. The molecule has 1 unspecified atom stereocenters. The Hall–Kier alpha value is -2.92. The summed E-state index contributed by atoms with van der Waals surface area (Å²) in [5.41, 5.74) is 11.2. The van der Waals surface area contributed by atoms with Crippen LogP contribution in [0.5, 0.6) is 0 Å². The maximum absolute atomic E-state index is 5.57. The molecule has 0 aliphatic rings. The van der Waals surface area contributed by atoms with Crippen molar-refractivity contribution in [3.8, 4) is 0 Å². The van der Waals surface area contributed by atoms with E-state index >= 15 is 0 Å². The largest absolute Gasteiger partial charge is 0.382 e.